The smallest absolute Gasteiger partial charge is 0.256 e. The van der Waals surface area contributed by atoms with Gasteiger partial charge in [0.15, 0.2) is 0 Å². The Hall–Kier alpha value is -1.75. The van der Waals surface area contributed by atoms with E-state index >= 15 is 0 Å². The van der Waals surface area contributed by atoms with Crippen molar-refractivity contribution in [2.45, 2.75) is 6.92 Å². The predicted molar refractivity (Wildman–Crippen MR) is 71.0 cm³/mol. The first-order chi connectivity index (χ1) is 8.58. The lowest BCUT2D eigenvalue weighted by atomic mass is 10.1. The normalized spacial score (nSPS) is 10.2. The van der Waals surface area contributed by atoms with Gasteiger partial charge >= 0.3 is 0 Å². The summed E-state index contributed by atoms with van der Waals surface area (Å²) in [6.45, 7) is 1.65. The predicted octanol–water partition coefficient (Wildman–Crippen LogP) is 3.54. The van der Waals surface area contributed by atoms with Gasteiger partial charge < -0.3 is 5.32 Å². The molecule has 0 radical (unpaired) electrons. The monoisotopic (exact) mass is 308 g/mol. The number of benzene rings is 1. The molecular formula is C13H10BrFN2O. The molecule has 1 aromatic heterocycles. The van der Waals surface area contributed by atoms with Crippen LogP contribution in [0.3, 0.4) is 0 Å². The third-order valence-electron chi connectivity index (χ3n) is 2.42. The lowest BCUT2D eigenvalue weighted by Crippen LogP contribution is -2.13. The number of pyridine rings is 1. The fraction of sp³-hybridized carbons (Fsp3) is 0.0769. The molecule has 2 aromatic rings. The first-order valence-corrected chi connectivity index (χ1v) is 6.05. The number of hydrogen-bond acceptors (Lipinski definition) is 2. The molecule has 0 saturated heterocycles. The van der Waals surface area contributed by atoms with E-state index < -0.39 is 11.7 Å². The zero-order valence-corrected chi connectivity index (χ0v) is 11.2. The van der Waals surface area contributed by atoms with E-state index in [-0.39, 0.29) is 5.56 Å². The number of carbonyl (C=O) groups is 1. The summed E-state index contributed by atoms with van der Waals surface area (Å²) in [6, 6.07) is 7.85. The van der Waals surface area contributed by atoms with Crippen molar-refractivity contribution in [3.8, 4) is 0 Å². The third kappa shape index (κ3) is 2.73. The average molecular weight is 309 g/mol. The molecule has 5 heteroatoms. The maximum atomic E-state index is 13.4. The summed E-state index contributed by atoms with van der Waals surface area (Å²) in [6.07, 6.45) is 1.57. The van der Waals surface area contributed by atoms with Crippen LogP contribution in [0.25, 0.3) is 0 Å². The molecule has 1 N–H and O–H groups in total. The van der Waals surface area contributed by atoms with E-state index in [0.717, 1.165) is 0 Å². The van der Waals surface area contributed by atoms with Crippen LogP contribution in [-0.4, -0.2) is 10.9 Å². The van der Waals surface area contributed by atoms with Crippen LogP contribution < -0.4 is 5.32 Å². The molecule has 18 heavy (non-hydrogen) atoms. The Morgan fingerprint density at radius 1 is 1.39 bits per heavy atom. The summed E-state index contributed by atoms with van der Waals surface area (Å²) in [5, 5.41) is 2.61. The molecule has 0 fully saturated rings. The van der Waals surface area contributed by atoms with Gasteiger partial charge in [0, 0.05) is 11.8 Å². The van der Waals surface area contributed by atoms with Crippen molar-refractivity contribution in [1.29, 1.82) is 0 Å². The minimum Gasteiger partial charge on any atom is -0.306 e. The molecule has 3 nitrogen and oxygen atoms in total. The van der Waals surface area contributed by atoms with Crippen LogP contribution >= 0.6 is 15.9 Å². The Bertz CT molecular complexity index is 601. The summed E-state index contributed by atoms with van der Waals surface area (Å²) >= 11 is 3.27. The molecule has 0 unspecified atom stereocenters. The van der Waals surface area contributed by atoms with Crippen molar-refractivity contribution in [2.24, 2.45) is 0 Å². The van der Waals surface area contributed by atoms with Crippen molar-refractivity contribution in [3.05, 3.63) is 57.9 Å². The van der Waals surface area contributed by atoms with Gasteiger partial charge in [0.1, 0.15) is 11.6 Å². The van der Waals surface area contributed by atoms with Gasteiger partial charge in [-0.15, -0.1) is 0 Å². The zero-order chi connectivity index (χ0) is 13.1. The van der Waals surface area contributed by atoms with Crippen LogP contribution in [0.15, 0.2) is 41.0 Å². The van der Waals surface area contributed by atoms with Gasteiger partial charge in [-0.25, -0.2) is 9.37 Å². The highest BCUT2D eigenvalue weighted by molar-refractivity contribution is 9.10. The number of nitrogens with zero attached hydrogens (tertiary/aromatic N) is 1. The van der Waals surface area contributed by atoms with Crippen LogP contribution in [0.4, 0.5) is 10.2 Å². The maximum absolute atomic E-state index is 13.4. The number of rotatable bonds is 2. The second-order valence-electron chi connectivity index (χ2n) is 3.75. The Balaban J connectivity index is 2.22. The molecule has 0 aliphatic carbocycles. The fourth-order valence-electron chi connectivity index (χ4n) is 1.39. The highest BCUT2D eigenvalue weighted by atomic mass is 79.9. The van der Waals surface area contributed by atoms with Crippen LogP contribution in [0.5, 0.6) is 0 Å². The fourth-order valence-corrected chi connectivity index (χ4v) is 1.75. The number of anilines is 1. The maximum Gasteiger partial charge on any atom is 0.256 e. The van der Waals surface area contributed by atoms with E-state index in [9.17, 15) is 9.18 Å². The van der Waals surface area contributed by atoms with E-state index in [1.807, 2.05) is 0 Å². The molecule has 0 bridgehead atoms. The Kier molecular flexibility index (Phi) is 3.72. The lowest BCUT2D eigenvalue weighted by molar-refractivity contribution is 0.102. The number of halogens is 2. The molecule has 1 amide bonds. The number of hydrogen-bond donors (Lipinski definition) is 1. The van der Waals surface area contributed by atoms with Gasteiger partial charge in [-0.2, -0.15) is 0 Å². The molecule has 92 valence electrons. The second kappa shape index (κ2) is 5.27. The minimum absolute atomic E-state index is 0.260. The van der Waals surface area contributed by atoms with Gasteiger partial charge in [-0.05, 0) is 52.7 Å². The Labute approximate surface area is 112 Å². The molecule has 0 aliphatic heterocycles. The van der Waals surface area contributed by atoms with Gasteiger partial charge in [-0.3, -0.25) is 4.79 Å². The van der Waals surface area contributed by atoms with Gasteiger partial charge in [0.05, 0.1) is 4.47 Å². The van der Waals surface area contributed by atoms with Crippen LogP contribution in [0, 0.1) is 12.7 Å². The van der Waals surface area contributed by atoms with Crippen molar-refractivity contribution in [3.63, 3.8) is 0 Å². The summed E-state index contributed by atoms with van der Waals surface area (Å²) < 4.78 is 14.0. The minimum atomic E-state index is -0.400. The zero-order valence-electron chi connectivity index (χ0n) is 9.58. The summed E-state index contributed by atoms with van der Waals surface area (Å²) in [7, 11) is 0. The Morgan fingerprint density at radius 3 is 2.83 bits per heavy atom. The van der Waals surface area contributed by atoms with E-state index in [1.165, 1.54) is 6.07 Å². The largest absolute Gasteiger partial charge is 0.306 e. The highest BCUT2D eigenvalue weighted by Crippen LogP contribution is 2.19. The number of amides is 1. The SMILES string of the molecule is Cc1ccc(C(=O)Nc2ncccc2Br)cc1F. The van der Waals surface area contributed by atoms with Crippen LogP contribution in [0.2, 0.25) is 0 Å². The van der Waals surface area contributed by atoms with Gasteiger partial charge in [0.2, 0.25) is 0 Å². The van der Waals surface area contributed by atoms with Crippen molar-refractivity contribution < 1.29 is 9.18 Å². The topological polar surface area (TPSA) is 42.0 Å². The number of carbonyl (C=O) groups excluding carboxylic acids is 1. The molecule has 0 atom stereocenters. The van der Waals surface area contributed by atoms with Crippen LogP contribution in [0.1, 0.15) is 15.9 Å². The second-order valence-corrected chi connectivity index (χ2v) is 4.61. The van der Waals surface area contributed by atoms with E-state index in [1.54, 1.807) is 37.4 Å². The highest BCUT2D eigenvalue weighted by Gasteiger charge is 2.10. The van der Waals surface area contributed by atoms with Crippen molar-refractivity contribution in [2.75, 3.05) is 5.32 Å². The molecular weight excluding hydrogens is 299 g/mol. The average Bonchev–Trinajstić information content (AvgIpc) is 2.35. The quantitative estimate of drug-likeness (QED) is 0.922. The molecule has 0 spiro atoms. The summed E-state index contributed by atoms with van der Waals surface area (Å²) in [5.74, 6) is -0.389. The molecule has 1 aromatic carbocycles. The summed E-state index contributed by atoms with van der Waals surface area (Å²) in [5.41, 5.74) is 0.765. The molecule has 0 aliphatic rings. The molecule has 1 heterocycles. The molecule has 0 saturated carbocycles. The lowest BCUT2D eigenvalue weighted by Gasteiger charge is -2.06. The van der Waals surface area contributed by atoms with Crippen molar-refractivity contribution in [1.82, 2.24) is 4.98 Å². The van der Waals surface area contributed by atoms with E-state index in [2.05, 4.69) is 26.2 Å². The standard InChI is InChI=1S/C13H10BrFN2O/c1-8-4-5-9(7-11(8)15)13(18)17-12-10(14)3-2-6-16-12/h2-7H,1H3,(H,16,17,18). The first-order valence-electron chi connectivity index (χ1n) is 5.26. The van der Waals surface area contributed by atoms with Gasteiger partial charge in [-0.1, -0.05) is 6.07 Å². The summed E-state index contributed by atoms with van der Waals surface area (Å²) in [4.78, 5) is 15.9. The van der Waals surface area contributed by atoms with Gasteiger partial charge in [0.25, 0.3) is 5.91 Å². The molecule has 2 rings (SSSR count). The number of aryl methyl sites for hydroxylation is 1. The van der Waals surface area contributed by atoms with E-state index in [0.29, 0.717) is 15.9 Å². The van der Waals surface area contributed by atoms with E-state index in [4.69, 9.17) is 0 Å². The first kappa shape index (κ1) is 12.7. The Morgan fingerprint density at radius 2 is 2.17 bits per heavy atom. The van der Waals surface area contributed by atoms with Crippen LogP contribution in [-0.2, 0) is 0 Å². The third-order valence-corrected chi connectivity index (χ3v) is 3.06. The number of nitrogens with one attached hydrogen (secondary N) is 1. The number of aromatic nitrogens is 1. The van der Waals surface area contributed by atoms with Crippen molar-refractivity contribution >= 4 is 27.7 Å².